The summed E-state index contributed by atoms with van der Waals surface area (Å²) < 4.78 is 5.59. The maximum atomic E-state index is 6.23. The topological polar surface area (TPSA) is 41.7 Å². The van der Waals surface area contributed by atoms with Crippen LogP contribution in [0.3, 0.4) is 0 Å². The maximum absolute atomic E-state index is 6.23. The molecular formula is C14H27N3O. The Hall–Kier alpha value is -0.160. The molecule has 0 saturated carbocycles. The van der Waals surface area contributed by atoms with Gasteiger partial charge < -0.3 is 15.4 Å². The number of rotatable bonds is 3. The van der Waals surface area contributed by atoms with E-state index in [4.69, 9.17) is 10.5 Å². The highest BCUT2D eigenvalue weighted by atomic mass is 16.5. The summed E-state index contributed by atoms with van der Waals surface area (Å²) >= 11 is 0. The Kier molecular flexibility index (Phi) is 3.63. The van der Waals surface area contributed by atoms with Crippen LogP contribution >= 0.6 is 0 Å². The fraction of sp³-hybridized carbons (Fsp3) is 1.00. The van der Waals surface area contributed by atoms with Gasteiger partial charge in [-0.1, -0.05) is 0 Å². The predicted octanol–water partition coefficient (Wildman–Crippen LogP) is 0.520. The number of piperidine rings is 4. The average Bonchev–Trinajstić information content (AvgIpc) is 2.48. The van der Waals surface area contributed by atoms with Crippen LogP contribution in [-0.2, 0) is 4.74 Å². The summed E-state index contributed by atoms with van der Waals surface area (Å²) in [6.07, 6.45) is 5.56. The van der Waals surface area contributed by atoms with E-state index in [-0.39, 0.29) is 5.54 Å². The average molecular weight is 253 g/mol. The Labute approximate surface area is 110 Å². The van der Waals surface area contributed by atoms with E-state index in [1.807, 2.05) is 7.11 Å². The molecule has 4 nitrogen and oxygen atoms in total. The Balaban J connectivity index is 1.78. The summed E-state index contributed by atoms with van der Waals surface area (Å²) in [6.45, 7) is 6.86. The summed E-state index contributed by atoms with van der Waals surface area (Å²) in [7, 11) is 1.85. The van der Waals surface area contributed by atoms with Crippen LogP contribution in [0.1, 0.15) is 25.7 Å². The molecule has 4 aliphatic rings. The standard InChI is InChI=1S/C14H27N3O/c1-18-13-3-2-6-17(9-13)14(10-15)11-16-7-4-12(14)5-8-16/h12-13H,2-11,15H2,1H3. The van der Waals surface area contributed by atoms with Gasteiger partial charge in [-0.15, -0.1) is 0 Å². The molecule has 4 aliphatic heterocycles. The lowest BCUT2D eigenvalue weighted by Gasteiger charge is -2.59. The zero-order chi connectivity index (χ0) is 12.6. The lowest BCUT2D eigenvalue weighted by molar-refractivity contribution is -0.0972. The number of hydrogen-bond acceptors (Lipinski definition) is 4. The van der Waals surface area contributed by atoms with Crippen molar-refractivity contribution in [3.8, 4) is 0 Å². The highest BCUT2D eigenvalue weighted by Gasteiger charge is 2.50. The van der Waals surface area contributed by atoms with Gasteiger partial charge in [0.15, 0.2) is 0 Å². The molecule has 0 spiro atoms. The van der Waals surface area contributed by atoms with Gasteiger partial charge in [0.2, 0.25) is 0 Å². The van der Waals surface area contributed by atoms with Crippen molar-refractivity contribution in [3.63, 3.8) is 0 Å². The Morgan fingerprint density at radius 1 is 1.22 bits per heavy atom. The fourth-order valence-electron chi connectivity index (χ4n) is 4.40. The fourth-order valence-corrected chi connectivity index (χ4v) is 4.40. The monoisotopic (exact) mass is 253 g/mol. The predicted molar refractivity (Wildman–Crippen MR) is 72.6 cm³/mol. The first-order valence-electron chi connectivity index (χ1n) is 7.49. The van der Waals surface area contributed by atoms with Gasteiger partial charge in [0.25, 0.3) is 0 Å². The molecule has 2 bridgehead atoms. The van der Waals surface area contributed by atoms with Gasteiger partial charge >= 0.3 is 0 Å². The van der Waals surface area contributed by atoms with Gasteiger partial charge in [-0.05, 0) is 51.2 Å². The zero-order valence-corrected chi connectivity index (χ0v) is 11.6. The third-order valence-electron chi connectivity index (χ3n) is 5.54. The zero-order valence-electron chi connectivity index (χ0n) is 11.6. The quantitative estimate of drug-likeness (QED) is 0.796. The minimum Gasteiger partial charge on any atom is -0.380 e. The molecule has 2 N–H and O–H groups in total. The molecule has 2 unspecified atom stereocenters. The van der Waals surface area contributed by atoms with E-state index >= 15 is 0 Å². The van der Waals surface area contributed by atoms with E-state index in [1.54, 1.807) is 0 Å². The van der Waals surface area contributed by atoms with Crippen molar-refractivity contribution in [2.24, 2.45) is 11.7 Å². The van der Waals surface area contributed by atoms with E-state index in [0.717, 1.165) is 19.0 Å². The molecule has 104 valence electrons. The van der Waals surface area contributed by atoms with Gasteiger partial charge in [0, 0.05) is 32.3 Å². The molecule has 4 rings (SSSR count). The molecule has 0 aromatic rings. The number of methoxy groups -OCH3 is 1. The number of nitrogens with two attached hydrogens (primary N) is 1. The van der Waals surface area contributed by atoms with Gasteiger partial charge in [-0.3, -0.25) is 4.90 Å². The first-order chi connectivity index (χ1) is 8.78. The largest absolute Gasteiger partial charge is 0.380 e. The normalized spacial score (nSPS) is 45.3. The highest BCUT2D eigenvalue weighted by molar-refractivity contribution is 5.07. The molecule has 0 aliphatic carbocycles. The van der Waals surface area contributed by atoms with Crippen molar-refractivity contribution in [1.82, 2.24) is 9.80 Å². The summed E-state index contributed by atoms with van der Waals surface area (Å²) in [5.41, 5.74) is 6.48. The molecule has 0 amide bonds. The number of nitrogens with zero attached hydrogens (tertiary/aromatic N) is 2. The SMILES string of the molecule is COC1CCCN(C2(CN)CN3CCC2CC3)C1. The van der Waals surface area contributed by atoms with E-state index in [2.05, 4.69) is 9.80 Å². The number of hydrogen-bond donors (Lipinski definition) is 1. The van der Waals surface area contributed by atoms with Crippen molar-refractivity contribution in [3.05, 3.63) is 0 Å². The van der Waals surface area contributed by atoms with Crippen molar-refractivity contribution < 1.29 is 4.74 Å². The Morgan fingerprint density at radius 2 is 2.00 bits per heavy atom. The molecule has 4 fully saturated rings. The molecular weight excluding hydrogens is 226 g/mol. The van der Waals surface area contributed by atoms with Crippen LogP contribution < -0.4 is 5.73 Å². The lowest BCUT2D eigenvalue weighted by atomic mass is 9.71. The molecule has 0 radical (unpaired) electrons. The molecule has 0 aromatic heterocycles. The van der Waals surface area contributed by atoms with E-state index in [0.29, 0.717) is 6.10 Å². The Morgan fingerprint density at radius 3 is 2.56 bits per heavy atom. The van der Waals surface area contributed by atoms with Gasteiger partial charge in [-0.25, -0.2) is 0 Å². The smallest absolute Gasteiger partial charge is 0.0698 e. The van der Waals surface area contributed by atoms with E-state index < -0.39 is 0 Å². The van der Waals surface area contributed by atoms with E-state index in [9.17, 15) is 0 Å². The number of likely N-dealkylation sites (tertiary alicyclic amines) is 1. The van der Waals surface area contributed by atoms with Gasteiger partial charge in [0.05, 0.1) is 6.10 Å². The van der Waals surface area contributed by atoms with Crippen LogP contribution in [0.4, 0.5) is 0 Å². The van der Waals surface area contributed by atoms with Crippen molar-refractivity contribution in [2.45, 2.75) is 37.3 Å². The second kappa shape index (κ2) is 5.08. The van der Waals surface area contributed by atoms with Gasteiger partial charge in [0.1, 0.15) is 0 Å². The summed E-state index contributed by atoms with van der Waals surface area (Å²) in [6, 6.07) is 0. The maximum Gasteiger partial charge on any atom is 0.0698 e. The molecule has 18 heavy (non-hydrogen) atoms. The number of ether oxygens (including phenoxy) is 1. The van der Waals surface area contributed by atoms with Gasteiger partial charge in [-0.2, -0.15) is 0 Å². The molecule has 4 saturated heterocycles. The van der Waals surface area contributed by atoms with Crippen LogP contribution in [0.2, 0.25) is 0 Å². The first kappa shape index (κ1) is 12.9. The van der Waals surface area contributed by atoms with Crippen LogP contribution in [0, 0.1) is 5.92 Å². The minimum atomic E-state index is 0.244. The minimum absolute atomic E-state index is 0.244. The van der Waals surface area contributed by atoms with Crippen LogP contribution in [-0.4, -0.2) is 67.8 Å². The highest BCUT2D eigenvalue weighted by Crippen LogP contribution is 2.40. The van der Waals surface area contributed by atoms with Crippen LogP contribution in [0.25, 0.3) is 0 Å². The molecule has 4 heterocycles. The van der Waals surface area contributed by atoms with Crippen molar-refractivity contribution >= 4 is 0 Å². The summed E-state index contributed by atoms with van der Waals surface area (Å²) in [5, 5.41) is 0. The lowest BCUT2D eigenvalue weighted by Crippen LogP contribution is -2.71. The summed E-state index contributed by atoms with van der Waals surface area (Å²) in [5.74, 6) is 0.808. The molecule has 4 heteroatoms. The summed E-state index contributed by atoms with van der Waals surface area (Å²) in [4.78, 5) is 5.28. The Bertz CT molecular complexity index is 291. The van der Waals surface area contributed by atoms with Crippen molar-refractivity contribution in [1.29, 1.82) is 0 Å². The van der Waals surface area contributed by atoms with Crippen molar-refractivity contribution in [2.75, 3.05) is 46.4 Å². The third-order valence-corrected chi connectivity index (χ3v) is 5.54. The van der Waals surface area contributed by atoms with E-state index in [1.165, 1.54) is 51.9 Å². The second-order valence-corrected chi connectivity index (χ2v) is 6.30. The first-order valence-corrected chi connectivity index (χ1v) is 7.49. The number of fused-ring (bicyclic) bond motifs is 3. The van der Waals surface area contributed by atoms with Crippen LogP contribution in [0.5, 0.6) is 0 Å². The van der Waals surface area contributed by atoms with Crippen LogP contribution in [0.15, 0.2) is 0 Å². The molecule has 2 atom stereocenters. The second-order valence-electron chi connectivity index (χ2n) is 6.30. The third kappa shape index (κ3) is 1.99. The molecule has 0 aromatic carbocycles.